The van der Waals surface area contributed by atoms with Gasteiger partial charge in [0.15, 0.2) is 0 Å². The molecule has 1 amide bonds. The number of nitrogens with two attached hydrogens (primary N) is 1. The number of carbonyl (C=O) groups is 1. The Bertz CT molecular complexity index is 644. The van der Waals surface area contributed by atoms with Crippen LogP contribution in [0, 0.1) is 5.92 Å². The van der Waals surface area contributed by atoms with Gasteiger partial charge in [-0.05, 0) is 37.0 Å². The second-order valence-corrected chi connectivity index (χ2v) is 6.10. The third-order valence-corrected chi connectivity index (χ3v) is 4.58. The minimum atomic E-state index is -0.0759. The first-order chi connectivity index (χ1) is 11.3. The number of halogens is 2. The van der Waals surface area contributed by atoms with E-state index in [0.29, 0.717) is 18.0 Å². The van der Waals surface area contributed by atoms with E-state index >= 15 is 0 Å². The number of aromatic nitrogens is 3. The Kier molecular flexibility index (Phi) is 8.89. The summed E-state index contributed by atoms with van der Waals surface area (Å²) in [5.41, 5.74) is 7.33. The molecule has 25 heavy (non-hydrogen) atoms. The van der Waals surface area contributed by atoms with Crippen LogP contribution in [0.4, 0.5) is 0 Å². The third kappa shape index (κ3) is 5.42. The van der Waals surface area contributed by atoms with Crippen molar-refractivity contribution in [3.63, 3.8) is 0 Å². The Hall–Kier alpha value is -1.63. The van der Waals surface area contributed by atoms with Crippen molar-refractivity contribution in [3.05, 3.63) is 42.5 Å². The van der Waals surface area contributed by atoms with Gasteiger partial charge in [-0.2, -0.15) is 5.10 Å². The average molecular weight is 386 g/mol. The molecule has 0 aliphatic heterocycles. The van der Waals surface area contributed by atoms with E-state index in [-0.39, 0.29) is 36.8 Å². The molecule has 0 saturated heterocycles. The molecule has 8 heteroatoms. The van der Waals surface area contributed by atoms with Gasteiger partial charge in [0.25, 0.3) is 5.91 Å². The van der Waals surface area contributed by atoms with Gasteiger partial charge in [-0.3, -0.25) is 4.79 Å². The zero-order chi connectivity index (χ0) is 16.1. The first kappa shape index (κ1) is 21.4. The summed E-state index contributed by atoms with van der Waals surface area (Å²) in [5.74, 6) is 0.421. The Morgan fingerprint density at radius 2 is 2.04 bits per heavy atom. The normalized spacial score (nSPS) is 15.6. The van der Waals surface area contributed by atoms with Crippen LogP contribution in [0.5, 0.6) is 0 Å². The van der Waals surface area contributed by atoms with Crippen LogP contribution in [0.1, 0.15) is 42.5 Å². The fourth-order valence-corrected chi connectivity index (χ4v) is 3.29. The lowest BCUT2D eigenvalue weighted by Crippen LogP contribution is -2.45. The van der Waals surface area contributed by atoms with Crippen LogP contribution in [0.15, 0.2) is 36.9 Å². The van der Waals surface area contributed by atoms with Crippen LogP contribution in [0.2, 0.25) is 0 Å². The van der Waals surface area contributed by atoms with Crippen molar-refractivity contribution >= 4 is 30.7 Å². The van der Waals surface area contributed by atoms with Crippen LogP contribution in [-0.2, 0) is 0 Å². The first-order valence-corrected chi connectivity index (χ1v) is 8.24. The molecule has 2 aromatic rings. The lowest BCUT2D eigenvalue weighted by atomic mass is 9.84. The molecule has 1 aliphatic carbocycles. The van der Waals surface area contributed by atoms with Crippen LogP contribution >= 0.6 is 24.8 Å². The highest BCUT2D eigenvalue weighted by atomic mass is 35.5. The Morgan fingerprint density at radius 1 is 1.28 bits per heavy atom. The molecule has 1 unspecified atom stereocenters. The predicted octanol–water partition coefficient (Wildman–Crippen LogP) is 2.75. The molecule has 0 bridgehead atoms. The molecule has 1 fully saturated rings. The van der Waals surface area contributed by atoms with Gasteiger partial charge in [0.05, 0.1) is 5.69 Å². The maximum Gasteiger partial charge on any atom is 0.251 e. The van der Waals surface area contributed by atoms with Crippen LogP contribution in [0.3, 0.4) is 0 Å². The fraction of sp³-hybridized carbons (Fsp3) is 0.471. The summed E-state index contributed by atoms with van der Waals surface area (Å²) < 4.78 is 1.64. The van der Waals surface area contributed by atoms with E-state index in [1.165, 1.54) is 25.6 Å². The van der Waals surface area contributed by atoms with Gasteiger partial charge in [-0.25, -0.2) is 9.67 Å². The van der Waals surface area contributed by atoms with E-state index in [2.05, 4.69) is 15.4 Å². The van der Waals surface area contributed by atoms with Crippen LogP contribution < -0.4 is 11.1 Å². The minimum Gasteiger partial charge on any atom is -0.348 e. The number of amides is 1. The topological polar surface area (TPSA) is 85.8 Å². The molecule has 1 aromatic heterocycles. The van der Waals surface area contributed by atoms with Crippen molar-refractivity contribution in [3.8, 4) is 5.69 Å². The molecule has 1 saturated carbocycles. The summed E-state index contributed by atoms with van der Waals surface area (Å²) in [7, 11) is 0. The molecule has 0 spiro atoms. The monoisotopic (exact) mass is 385 g/mol. The number of benzene rings is 1. The summed E-state index contributed by atoms with van der Waals surface area (Å²) >= 11 is 0. The predicted molar refractivity (Wildman–Crippen MR) is 103 cm³/mol. The molecular weight excluding hydrogens is 361 g/mol. The zero-order valence-electron chi connectivity index (χ0n) is 14.0. The number of nitrogens with one attached hydrogen (secondary N) is 1. The quantitative estimate of drug-likeness (QED) is 0.828. The average Bonchev–Trinajstić information content (AvgIpc) is 3.15. The summed E-state index contributed by atoms with van der Waals surface area (Å²) in [6, 6.07) is 7.43. The highest BCUT2D eigenvalue weighted by Gasteiger charge is 2.24. The van der Waals surface area contributed by atoms with Gasteiger partial charge in [0, 0.05) is 18.2 Å². The lowest BCUT2D eigenvalue weighted by molar-refractivity contribution is 0.0915. The van der Waals surface area contributed by atoms with Crippen molar-refractivity contribution in [1.82, 2.24) is 20.1 Å². The Labute approximate surface area is 160 Å². The highest BCUT2D eigenvalue weighted by Crippen LogP contribution is 2.26. The maximum atomic E-state index is 12.6. The molecule has 3 N–H and O–H groups in total. The second-order valence-electron chi connectivity index (χ2n) is 6.10. The summed E-state index contributed by atoms with van der Waals surface area (Å²) in [5, 5.41) is 7.21. The summed E-state index contributed by atoms with van der Waals surface area (Å²) in [4.78, 5) is 16.5. The van der Waals surface area contributed by atoms with Crippen LogP contribution in [0.25, 0.3) is 5.69 Å². The SMILES string of the molecule is Cl.Cl.NCC(NC(=O)c1cccc(-n2cncn2)c1)C1CCCCC1. The number of hydrogen-bond acceptors (Lipinski definition) is 4. The number of hydrogen-bond donors (Lipinski definition) is 2. The standard InChI is InChI=1S/C17H23N5O.2ClH/c18-10-16(13-5-2-1-3-6-13)21-17(23)14-7-4-8-15(9-14)22-12-19-11-20-22;;/h4,7-9,11-13,16H,1-3,5-6,10,18H2,(H,21,23);2*1H. The molecule has 1 heterocycles. The summed E-state index contributed by atoms with van der Waals surface area (Å²) in [6.45, 7) is 0.485. The first-order valence-electron chi connectivity index (χ1n) is 8.24. The molecule has 138 valence electrons. The van der Waals surface area contributed by atoms with E-state index in [0.717, 1.165) is 18.5 Å². The van der Waals surface area contributed by atoms with Crippen molar-refractivity contribution in [2.75, 3.05) is 6.54 Å². The zero-order valence-corrected chi connectivity index (χ0v) is 15.6. The van der Waals surface area contributed by atoms with E-state index < -0.39 is 0 Å². The fourth-order valence-electron chi connectivity index (χ4n) is 3.29. The Balaban J connectivity index is 0.00000156. The number of nitrogens with zero attached hydrogens (tertiary/aromatic N) is 3. The molecule has 1 atom stereocenters. The van der Waals surface area contributed by atoms with Crippen molar-refractivity contribution < 1.29 is 4.79 Å². The van der Waals surface area contributed by atoms with Crippen molar-refractivity contribution in [1.29, 1.82) is 0 Å². The van der Waals surface area contributed by atoms with Gasteiger partial charge < -0.3 is 11.1 Å². The largest absolute Gasteiger partial charge is 0.348 e. The van der Waals surface area contributed by atoms with Gasteiger partial charge in [0.2, 0.25) is 0 Å². The lowest BCUT2D eigenvalue weighted by Gasteiger charge is -2.30. The molecular formula is C17H25Cl2N5O. The summed E-state index contributed by atoms with van der Waals surface area (Å²) in [6.07, 6.45) is 9.16. The van der Waals surface area contributed by atoms with Gasteiger partial charge in [0.1, 0.15) is 12.7 Å². The maximum absolute atomic E-state index is 12.6. The molecule has 0 radical (unpaired) electrons. The Morgan fingerprint density at radius 3 is 2.68 bits per heavy atom. The highest BCUT2D eigenvalue weighted by molar-refractivity contribution is 5.95. The molecule has 3 rings (SSSR count). The van der Waals surface area contributed by atoms with Gasteiger partial charge in [-0.15, -0.1) is 24.8 Å². The van der Waals surface area contributed by atoms with Crippen molar-refractivity contribution in [2.45, 2.75) is 38.1 Å². The molecule has 1 aliphatic rings. The van der Waals surface area contributed by atoms with Crippen molar-refractivity contribution in [2.24, 2.45) is 11.7 Å². The van der Waals surface area contributed by atoms with Gasteiger partial charge >= 0.3 is 0 Å². The third-order valence-electron chi connectivity index (χ3n) is 4.58. The van der Waals surface area contributed by atoms with E-state index in [1.807, 2.05) is 24.3 Å². The minimum absolute atomic E-state index is 0. The smallest absolute Gasteiger partial charge is 0.251 e. The van der Waals surface area contributed by atoms with Crippen LogP contribution in [-0.4, -0.2) is 33.3 Å². The second kappa shape index (κ2) is 10.4. The van der Waals surface area contributed by atoms with Gasteiger partial charge in [-0.1, -0.05) is 25.3 Å². The molecule has 1 aromatic carbocycles. The molecule has 6 nitrogen and oxygen atoms in total. The number of rotatable bonds is 5. The van der Waals surface area contributed by atoms with E-state index in [4.69, 9.17) is 5.73 Å². The van der Waals surface area contributed by atoms with E-state index in [9.17, 15) is 4.79 Å². The number of carbonyl (C=O) groups excluding carboxylic acids is 1. The van der Waals surface area contributed by atoms with E-state index in [1.54, 1.807) is 11.0 Å².